The van der Waals surface area contributed by atoms with Crippen LogP contribution < -0.4 is 15.8 Å². The summed E-state index contributed by atoms with van der Waals surface area (Å²) < 4.78 is 67.2. The maximum atomic E-state index is 14.4. The fourth-order valence-corrected chi connectivity index (χ4v) is 3.63. The maximum Gasteiger partial charge on any atom is 0.273 e. The molecule has 3 N–H and O–H groups in total. The highest BCUT2D eigenvalue weighted by molar-refractivity contribution is 5.97. The van der Waals surface area contributed by atoms with Gasteiger partial charge in [-0.15, -0.1) is 0 Å². The zero-order valence-electron chi connectivity index (χ0n) is 17.4. The van der Waals surface area contributed by atoms with Gasteiger partial charge in [0.25, 0.3) is 17.7 Å². The zero-order chi connectivity index (χ0) is 23.8. The minimum Gasteiger partial charge on any atom is -0.493 e. The number of hydrogen-bond acceptors (Lipinski definition) is 5. The fourth-order valence-electron chi connectivity index (χ4n) is 3.63. The minimum atomic E-state index is -3.36. The lowest BCUT2D eigenvalue weighted by atomic mass is 9.84. The second-order valence-corrected chi connectivity index (χ2v) is 7.74. The molecule has 11 heteroatoms. The number of alkyl halides is 2. The summed E-state index contributed by atoms with van der Waals surface area (Å²) in [6, 6.07) is 4.56. The van der Waals surface area contributed by atoms with Crippen molar-refractivity contribution in [3.8, 4) is 5.75 Å². The third kappa shape index (κ3) is 4.24. The van der Waals surface area contributed by atoms with E-state index in [1.165, 1.54) is 24.4 Å². The van der Waals surface area contributed by atoms with Crippen molar-refractivity contribution in [1.29, 1.82) is 0 Å². The molecule has 0 unspecified atom stereocenters. The maximum absolute atomic E-state index is 14.4. The van der Waals surface area contributed by atoms with Crippen LogP contribution in [0.2, 0.25) is 0 Å². The first kappa shape index (κ1) is 23.5. The molecule has 2 heterocycles. The Morgan fingerprint density at radius 1 is 1.31 bits per heavy atom. The number of rotatable bonds is 6. The van der Waals surface area contributed by atoms with Gasteiger partial charge < -0.3 is 20.5 Å². The number of ether oxygens (including phenoxy) is 2. The van der Waals surface area contributed by atoms with Gasteiger partial charge in [0.2, 0.25) is 5.82 Å². The second kappa shape index (κ2) is 8.38. The average Bonchev–Trinajstić information content (AvgIpc) is 3.09. The van der Waals surface area contributed by atoms with Gasteiger partial charge in [0.05, 0.1) is 7.11 Å². The number of amides is 2. The third-order valence-corrected chi connectivity index (χ3v) is 5.51. The molecule has 1 aromatic carbocycles. The van der Waals surface area contributed by atoms with Crippen LogP contribution in [-0.4, -0.2) is 41.5 Å². The molecule has 0 saturated carbocycles. The molecule has 1 aromatic heterocycles. The highest BCUT2D eigenvalue weighted by Crippen LogP contribution is 2.50. The van der Waals surface area contributed by atoms with E-state index in [4.69, 9.17) is 15.2 Å². The van der Waals surface area contributed by atoms with Gasteiger partial charge in [-0.25, -0.2) is 13.2 Å². The molecule has 3 atom stereocenters. The standard InChI is InChI=1S/C21H21F4N3O4/c1-20(21(2,24)25)9-12(11-4-5-13(22)15(23)16(11)31-3)17(32-20)19(30)28-10-6-7-27-14(8-10)18(26)29/h4-8,12,17H,9H2,1-3H3,(H2,26,29)(H,27,28,30)/t12-,17-,20+/m1/s1. The minimum absolute atomic E-state index is 0.00655. The fraction of sp³-hybridized carbons (Fsp3) is 0.381. The van der Waals surface area contributed by atoms with E-state index in [0.29, 0.717) is 6.92 Å². The first-order chi connectivity index (χ1) is 14.9. The summed E-state index contributed by atoms with van der Waals surface area (Å²) >= 11 is 0. The van der Waals surface area contributed by atoms with Crippen LogP contribution in [0.15, 0.2) is 30.5 Å². The summed E-state index contributed by atoms with van der Waals surface area (Å²) in [4.78, 5) is 28.1. The molecule has 2 amide bonds. The lowest BCUT2D eigenvalue weighted by Gasteiger charge is -2.30. The molecular weight excluding hydrogens is 434 g/mol. The van der Waals surface area contributed by atoms with Crippen LogP contribution in [-0.2, 0) is 9.53 Å². The number of carbonyl (C=O) groups excluding carboxylic acids is 2. The summed E-state index contributed by atoms with van der Waals surface area (Å²) in [5.41, 5.74) is 3.10. The number of anilines is 1. The topological polar surface area (TPSA) is 104 Å². The first-order valence-corrected chi connectivity index (χ1v) is 9.52. The Morgan fingerprint density at radius 3 is 2.59 bits per heavy atom. The van der Waals surface area contributed by atoms with Gasteiger partial charge in [-0.3, -0.25) is 14.6 Å². The number of hydrogen-bond donors (Lipinski definition) is 2. The van der Waals surface area contributed by atoms with Crippen molar-refractivity contribution in [3.05, 3.63) is 53.4 Å². The van der Waals surface area contributed by atoms with Crippen molar-refractivity contribution in [2.24, 2.45) is 5.73 Å². The van der Waals surface area contributed by atoms with Crippen LogP contribution in [0, 0.1) is 11.6 Å². The molecule has 172 valence electrons. The number of methoxy groups -OCH3 is 1. The number of primary amides is 1. The molecule has 32 heavy (non-hydrogen) atoms. The predicted molar refractivity (Wildman–Crippen MR) is 106 cm³/mol. The molecule has 0 radical (unpaired) electrons. The third-order valence-electron chi connectivity index (χ3n) is 5.51. The van der Waals surface area contributed by atoms with E-state index in [9.17, 15) is 27.2 Å². The molecule has 7 nitrogen and oxygen atoms in total. The highest BCUT2D eigenvalue weighted by Gasteiger charge is 2.58. The summed E-state index contributed by atoms with van der Waals surface area (Å²) in [7, 11) is 1.10. The highest BCUT2D eigenvalue weighted by atomic mass is 19.3. The Balaban J connectivity index is 2.01. The Labute approximate surface area is 180 Å². The molecule has 1 aliphatic heterocycles. The molecule has 0 aliphatic carbocycles. The zero-order valence-corrected chi connectivity index (χ0v) is 17.4. The summed E-state index contributed by atoms with van der Waals surface area (Å²) in [6.07, 6.45) is -0.653. The van der Waals surface area contributed by atoms with Crippen molar-refractivity contribution in [2.75, 3.05) is 12.4 Å². The lowest BCUT2D eigenvalue weighted by Crippen LogP contribution is -2.44. The van der Waals surface area contributed by atoms with Crippen molar-refractivity contribution < 1.29 is 36.6 Å². The summed E-state index contributed by atoms with van der Waals surface area (Å²) in [5, 5.41) is 2.47. The van der Waals surface area contributed by atoms with E-state index >= 15 is 0 Å². The molecular formula is C21H21F4N3O4. The SMILES string of the molecule is COc1c([C@H]2C[C@@](C)(C(C)(F)F)O[C@H]2C(=O)Nc2ccnc(C(N)=O)c2)ccc(F)c1F. The quantitative estimate of drug-likeness (QED) is 0.650. The van der Waals surface area contributed by atoms with Crippen molar-refractivity contribution >= 4 is 17.5 Å². The van der Waals surface area contributed by atoms with Crippen LogP contribution in [0.4, 0.5) is 23.2 Å². The normalized spacial score (nSPS) is 23.1. The largest absolute Gasteiger partial charge is 0.493 e. The molecule has 1 saturated heterocycles. The average molecular weight is 455 g/mol. The van der Waals surface area contributed by atoms with Gasteiger partial charge in [0.15, 0.2) is 11.6 Å². The second-order valence-electron chi connectivity index (χ2n) is 7.74. The lowest BCUT2D eigenvalue weighted by molar-refractivity contribution is -0.184. The Morgan fingerprint density at radius 2 is 2.00 bits per heavy atom. The van der Waals surface area contributed by atoms with E-state index in [-0.39, 0.29) is 23.4 Å². The van der Waals surface area contributed by atoms with E-state index in [1.807, 2.05) is 0 Å². The number of benzene rings is 1. The van der Waals surface area contributed by atoms with E-state index in [1.54, 1.807) is 0 Å². The number of nitrogens with zero attached hydrogens (tertiary/aromatic N) is 1. The monoisotopic (exact) mass is 455 g/mol. The smallest absolute Gasteiger partial charge is 0.273 e. The van der Waals surface area contributed by atoms with Gasteiger partial charge in [-0.2, -0.15) is 4.39 Å². The first-order valence-electron chi connectivity index (χ1n) is 9.52. The van der Waals surface area contributed by atoms with Gasteiger partial charge in [0, 0.05) is 30.3 Å². The van der Waals surface area contributed by atoms with Gasteiger partial charge in [-0.1, -0.05) is 6.07 Å². The predicted octanol–water partition coefficient (Wildman–Crippen LogP) is 3.39. The van der Waals surface area contributed by atoms with Crippen LogP contribution in [0.5, 0.6) is 5.75 Å². The Kier molecular flexibility index (Phi) is 6.14. The van der Waals surface area contributed by atoms with Crippen LogP contribution in [0.1, 0.15) is 42.2 Å². The number of halogens is 4. The number of nitrogens with two attached hydrogens (primary N) is 1. The van der Waals surface area contributed by atoms with Gasteiger partial charge >= 0.3 is 0 Å². The number of aromatic nitrogens is 1. The number of nitrogens with one attached hydrogen (secondary N) is 1. The van der Waals surface area contributed by atoms with E-state index in [2.05, 4.69) is 10.3 Å². The van der Waals surface area contributed by atoms with E-state index < -0.39 is 52.7 Å². The van der Waals surface area contributed by atoms with Crippen LogP contribution in [0.3, 0.4) is 0 Å². The Bertz CT molecular complexity index is 1060. The molecule has 2 aromatic rings. The Hall–Kier alpha value is -3.21. The van der Waals surface area contributed by atoms with Crippen LogP contribution >= 0.6 is 0 Å². The number of pyridine rings is 1. The molecule has 3 rings (SSSR count). The molecule has 1 fully saturated rings. The number of carbonyl (C=O) groups is 2. The van der Waals surface area contributed by atoms with Crippen LogP contribution in [0.25, 0.3) is 0 Å². The van der Waals surface area contributed by atoms with Gasteiger partial charge in [0.1, 0.15) is 17.4 Å². The molecule has 0 bridgehead atoms. The van der Waals surface area contributed by atoms with Crippen molar-refractivity contribution in [1.82, 2.24) is 4.98 Å². The summed E-state index contributed by atoms with van der Waals surface area (Å²) in [5.74, 6) is -9.11. The van der Waals surface area contributed by atoms with Gasteiger partial charge in [-0.05, 0) is 31.5 Å². The molecule has 0 spiro atoms. The molecule has 1 aliphatic rings. The summed E-state index contributed by atoms with van der Waals surface area (Å²) in [6.45, 7) is 1.78. The van der Waals surface area contributed by atoms with Crippen molar-refractivity contribution in [3.63, 3.8) is 0 Å². The van der Waals surface area contributed by atoms with E-state index in [0.717, 1.165) is 20.1 Å². The van der Waals surface area contributed by atoms with Crippen molar-refractivity contribution in [2.45, 2.75) is 43.8 Å².